The lowest BCUT2D eigenvalue weighted by Crippen LogP contribution is -2.53. The van der Waals surface area contributed by atoms with E-state index in [-0.39, 0.29) is 16.7 Å². The Hall–Kier alpha value is -0.540. The van der Waals surface area contributed by atoms with Crippen LogP contribution in [0.3, 0.4) is 0 Å². The second-order valence-electron chi connectivity index (χ2n) is 5.84. The van der Waals surface area contributed by atoms with Crippen LogP contribution in [0.1, 0.15) is 53.9 Å². The molecular weight excluding hydrogens is 238 g/mol. The third kappa shape index (κ3) is 5.09. The van der Waals surface area contributed by atoms with Crippen LogP contribution in [0.25, 0.3) is 0 Å². The van der Waals surface area contributed by atoms with Crippen molar-refractivity contribution in [2.75, 3.05) is 0 Å². The lowest BCUT2D eigenvalue weighted by Gasteiger charge is -2.48. The Morgan fingerprint density at radius 1 is 1.24 bits per heavy atom. The van der Waals surface area contributed by atoms with E-state index >= 15 is 0 Å². The Kier molecular flexibility index (Phi) is 5.69. The molecule has 0 aromatic rings. The first kappa shape index (κ1) is 16.5. The van der Waals surface area contributed by atoms with Crippen molar-refractivity contribution >= 4 is 17.7 Å². The number of carboxylic acids is 1. The van der Waals surface area contributed by atoms with E-state index in [1.54, 1.807) is 0 Å². The van der Waals surface area contributed by atoms with Crippen LogP contribution in [0.5, 0.6) is 0 Å². The SMILES string of the molecule is C=C(C)C(=O)O.CC1(C)CCCC(C)(C)N1Cl. The molecule has 0 aromatic heterocycles. The number of aliphatic carboxylic acids is 1. The molecule has 0 radical (unpaired) electrons. The Morgan fingerprint density at radius 3 is 1.71 bits per heavy atom. The molecule has 0 saturated carbocycles. The van der Waals surface area contributed by atoms with Crippen LogP contribution in [0, 0.1) is 0 Å². The summed E-state index contributed by atoms with van der Waals surface area (Å²) in [5, 5.41) is 7.89. The largest absolute Gasteiger partial charge is 0.478 e. The third-order valence-corrected chi connectivity index (χ3v) is 3.92. The lowest BCUT2D eigenvalue weighted by molar-refractivity contribution is -0.132. The molecule has 0 aliphatic carbocycles. The molecule has 100 valence electrons. The van der Waals surface area contributed by atoms with Gasteiger partial charge in [0.15, 0.2) is 0 Å². The van der Waals surface area contributed by atoms with E-state index in [1.165, 1.54) is 26.2 Å². The van der Waals surface area contributed by atoms with Crippen molar-refractivity contribution in [3.63, 3.8) is 0 Å². The van der Waals surface area contributed by atoms with Crippen molar-refractivity contribution in [3.8, 4) is 0 Å². The normalized spacial score (nSPS) is 22.2. The first-order valence-corrected chi connectivity index (χ1v) is 6.19. The molecule has 1 aliphatic rings. The van der Waals surface area contributed by atoms with E-state index in [0.29, 0.717) is 0 Å². The summed E-state index contributed by atoms with van der Waals surface area (Å²) in [6, 6.07) is 0. The minimum atomic E-state index is -0.935. The zero-order valence-corrected chi connectivity index (χ0v) is 12.3. The summed E-state index contributed by atoms with van der Waals surface area (Å²) in [4.78, 5) is 9.60. The zero-order chi connectivity index (χ0) is 13.9. The van der Waals surface area contributed by atoms with Crippen LogP contribution in [0.4, 0.5) is 0 Å². The van der Waals surface area contributed by atoms with Crippen molar-refractivity contribution in [1.82, 2.24) is 4.42 Å². The summed E-state index contributed by atoms with van der Waals surface area (Å²) >= 11 is 6.23. The van der Waals surface area contributed by atoms with Gasteiger partial charge in [0.2, 0.25) is 0 Å². The monoisotopic (exact) mass is 261 g/mol. The summed E-state index contributed by atoms with van der Waals surface area (Å²) in [6.45, 7) is 13.4. The Morgan fingerprint density at radius 2 is 1.53 bits per heavy atom. The Labute approximate surface area is 110 Å². The number of piperidine rings is 1. The third-order valence-electron chi connectivity index (χ3n) is 3.01. The molecule has 1 N–H and O–H groups in total. The molecule has 3 nitrogen and oxygen atoms in total. The topological polar surface area (TPSA) is 40.5 Å². The molecule has 1 heterocycles. The quantitative estimate of drug-likeness (QED) is 0.576. The smallest absolute Gasteiger partial charge is 0.330 e. The predicted molar refractivity (Wildman–Crippen MR) is 72.2 cm³/mol. The van der Waals surface area contributed by atoms with Gasteiger partial charge in [0, 0.05) is 16.7 Å². The van der Waals surface area contributed by atoms with Crippen molar-refractivity contribution in [1.29, 1.82) is 0 Å². The average Bonchev–Trinajstić information content (AvgIpc) is 2.14. The number of carbonyl (C=O) groups is 1. The van der Waals surface area contributed by atoms with Gasteiger partial charge in [0.25, 0.3) is 0 Å². The molecule has 1 saturated heterocycles. The maximum absolute atomic E-state index is 9.60. The number of hydrogen-bond acceptors (Lipinski definition) is 2. The Balaban J connectivity index is 0.000000366. The molecule has 0 bridgehead atoms. The zero-order valence-electron chi connectivity index (χ0n) is 11.5. The first-order chi connectivity index (χ1) is 7.50. The molecular formula is C13H24ClNO2. The molecule has 0 aromatic carbocycles. The van der Waals surface area contributed by atoms with E-state index in [0.717, 1.165) is 0 Å². The average molecular weight is 262 g/mol. The fourth-order valence-electron chi connectivity index (χ4n) is 1.97. The van der Waals surface area contributed by atoms with Gasteiger partial charge >= 0.3 is 5.97 Å². The summed E-state index contributed by atoms with van der Waals surface area (Å²) < 4.78 is 1.99. The summed E-state index contributed by atoms with van der Waals surface area (Å²) in [5.41, 5.74) is 0.516. The van der Waals surface area contributed by atoms with E-state index < -0.39 is 5.97 Å². The molecule has 0 spiro atoms. The fourth-order valence-corrected chi connectivity index (χ4v) is 2.14. The summed E-state index contributed by atoms with van der Waals surface area (Å²) in [5.74, 6) is -0.935. The molecule has 1 aliphatic heterocycles. The minimum Gasteiger partial charge on any atom is -0.478 e. The number of halogens is 1. The number of carboxylic acid groups (broad SMARTS) is 1. The first-order valence-electron chi connectivity index (χ1n) is 5.85. The van der Waals surface area contributed by atoms with Crippen molar-refractivity contribution < 1.29 is 9.90 Å². The highest BCUT2D eigenvalue weighted by Gasteiger charge is 2.40. The number of nitrogens with zero attached hydrogens (tertiary/aromatic N) is 1. The molecule has 1 rings (SSSR count). The molecule has 1 fully saturated rings. The molecule has 0 atom stereocenters. The predicted octanol–water partition coefficient (Wildman–Crippen LogP) is 3.83. The molecule has 0 unspecified atom stereocenters. The van der Waals surface area contributed by atoms with Crippen LogP contribution in [-0.4, -0.2) is 26.6 Å². The van der Waals surface area contributed by atoms with Gasteiger partial charge in [-0.1, -0.05) is 6.58 Å². The van der Waals surface area contributed by atoms with Crippen LogP contribution >= 0.6 is 11.8 Å². The van der Waals surface area contributed by atoms with Gasteiger partial charge in [-0.2, -0.15) is 0 Å². The molecule has 4 heteroatoms. The number of rotatable bonds is 1. The van der Waals surface area contributed by atoms with Gasteiger partial charge in [-0.05, 0) is 65.7 Å². The van der Waals surface area contributed by atoms with Gasteiger partial charge in [-0.25, -0.2) is 9.21 Å². The van der Waals surface area contributed by atoms with Gasteiger partial charge < -0.3 is 5.11 Å². The maximum atomic E-state index is 9.60. The van der Waals surface area contributed by atoms with Crippen molar-refractivity contribution in [2.45, 2.75) is 65.0 Å². The summed E-state index contributed by atoms with van der Waals surface area (Å²) in [6.07, 6.45) is 3.71. The second-order valence-corrected chi connectivity index (χ2v) is 6.18. The summed E-state index contributed by atoms with van der Waals surface area (Å²) in [7, 11) is 0. The van der Waals surface area contributed by atoms with E-state index in [4.69, 9.17) is 16.9 Å². The standard InChI is InChI=1S/C9H18ClN.C4H6O2/c1-8(2)6-5-7-9(3,4)11(8)10;1-3(2)4(5)6/h5-7H2,1-4H3;1H2,2H3,(H,5,6). The van der Waals surface area contributed by atoms with Crippen molar-refractivity contribution in [2.24, 2.45) is 0 Å². The second kappa shape index (κ2) is 5.87. The number of hydrogen-bond donors (Lipinski definition) is 1. The highest BCUT2D eigenvalue weighted by atomic mass is 35.5. The fraction of sp³-hybridized carbons (Fsp3) is 0.769. The lowest BCUT2D eigenvalue weighted by atomic mass is 9.83. The van der Waals surface area contributed by atoms with E-state index in [1.807, 2.05) is 4.42 Å². The highest BCUT2D eigenvalue weighted by molar-refractivity contribution is 6.14. The van der Waals surface area contributed by atoms with E-state index in [2.05, 4.69) is 34.3 Å². The van der Waals surface area contributed by atoms with E-state index in [9.17, 15) is 4.79 Å². The molecule has 0 amide bonds. The van der Waals surface area contributed by atoms with Gasteiger partial charge in [0.1, 0.15) is 0 Å². The van der Waals surface area contributed by atoms with Crippen molar-refractivity contribution in [3.05, 3.63) is 12.2 Å². The van der Waals surface area contributed by atoms with Crippen LogP contribution in [0.2, 0.25) is 0 Å². The highest BCUT2D eigenvalue weighted by Crippen LogP contribution is 2.39. The van der Waals surface area contributed by atoms with Crippen LogP contribution in [0.15, 0.2) is 12.2 Å². The van der Waals surface area contributed by atoms with Gasteiger partial charge in [-0.15, -0.1) is 0 Å². The van der Waals surface area contributed by atoms with Gasteiger partial charge in [-0.3, -0.25) is 0 Å². The van der Waals surface area contributed by atoms with Crippen LogP contribution < -0.4 is 0 Å². The Bertz CT molecular complexity index is 270. The molecule has 17 heavy (non-hydrogen) atoms. The minimum absolute atomic E-state index is 0.170. The van der Waals surface area contributed by atoms with Crippen LogP contribution in [-0.2, 0) is 4.79 Å². The van der Waals surface area contributed by atoms with Gasteiger partial charge in [0.05, 0.1) is 0 Å². The maximum Gasteiger partial charge on any atom is 0.330 e.